The Morgan fingerprint density at radius 1 is 1.35 bits per heavy atom. The van der Waals surface area contributed by atoms with Gasteiger partial charge in [-0.1, -0.05) is 6.92 Å². The van der Waals surface area contributed by atoms with Crippen molar-refractivity contribution in [1.82, 2.24) is 19.5 Å². The molecular formula is C15H21N5. The zero-order valence-electron chi connectivity index (χ0n) is 12.1. The van der Waals surface area contributed by atoms with Crippen molar-refractivity contribution < 1.29 is 0 Å². The SMILES string of the molecule is CCCn1ccnc1Cc1nc(C2CC2)nc(N)c1C. The van der Waals surface area contributed by atoms with Gasteiger partial charge in [0.2, 0.25) is 0 Å². The van der Waals surface area contributed by atoms with Gasteiger partial charge in [0.15, 0.2) is 0 Å². The minimum Gasteiger partial charge on any atom is -0.383 e. The van der Waals surface area contributed by atoms with Gasteiger partial charge in [-0.15, -0.1) is 0 Å². The van der Waals surface area contributed by atoms with E-state index in [0.29, 0.717) is 11.7 Å². The summed E-state index contributed by atoms with van der Waals surface area (Å²) in [6, 6.07) is 0. The van der Waals surface area contributed by atoms with E-state index in [9.17, 15) is 0 Å². The zero-order chi connectivity index (χ0) is 14.1. The molecule has 0 unspecified atom stereocenters. The van der Waals surface area contributed by atoms with E-state index in [1.54, 1.807) is 0 Å². The van der Waals surface area contributed by atoms with Gasteiger partial charge in [0.05, 0.1) is 5.69 Å². The van der Waals surface area contributed by atoms with Crippen molar-refractivity contribution in [3.63, 3.8) is 0 Å². The van der Waals surface area contributed by atoms with Crippen LogP contribution in [0.2, 0.25) is 0 Å². The van der Waals surface area contributed by atoms with E-state index in [1.807, 2.05) is 19.3 Å². The van der Waals surface area contributed by atoms with Crippen molar-refractivity contribution in [1.29, 1.82) is 0 Å². The number of hydrogen-bond donors (Lipinski definition) is 1. The van der Waals surface area contributed by atoms with Gasteiger partial charge in [0, 0.05) is 36.8 Å². The predicted octanol–water partition coefficient (Wildman–Crippen LogP) is 2.44. The number of nitrogens with two attached hydrogens (primary N) is 1. The molecule has 2 aromatic rings. The lowest BCUT2D eigenvalue weighted by Crippen LogP contribution is -2.10. The van der Waals surface area contributed by atoms with E-state index >= 15 is 0 Å². The molecule has 5 nitrogen and oxygen atoms in total. The first-order valence-electron chi connectivity index (χ1n) is 7.32. The third-order valence-corrected chi connectivity index (χ3v) is 3.84. The van der Waals surface area contributed by atoms with Crippen molar-refractivity contribution in [3.8, 4) is 0 Å². The smallest absolute Gasteiger partial charge is 0.134 e. The fourth-order valence-corrected chi connectivity index (χ4v) is 2.40. The number of hydrogen-bond acceptors (Lipinski definition) is 4. The molecule has 1 aliphatic rings. The third-order valence-electron chi connectivity index (χ3n) is 3.84. The Labute approximate surface area is 119 Å². The van der Waals surface area contributed by atoms with Crippen LogP contribution in [0.3, 0.4) is 0 Å². The highest BCUT2D eigenvalue weighted by atomic mass is 15.1. The van der Waals surface area contributed by atoms with Crippen LogP contribution in [0.5, 0.6) is 0 Å². The maximum absolute atomic E-state index is 6.03. The molecule has 0 bridgehead atoms. The second-order valence-corrected chi connectivity index (χ2v) is 5.53. The maximum Gasteiger partial charge on any atom is 0.134 e. The van der Waals surface area contributed by atoms with E-state index < -0.39 is 0 Å². The Morgan fingerprint density at radius 3 is 2.85 bits per heavy atom. The first-order valence-corrected chi connectivity index (χ1v) is 7.32. The molecule has 0 aliphatic heterocycles. The van der Waals surface area contributed by atoms with E-state index in [1.165, 1.54) is 12.8 Å². The van der Waals surface area contributed by atoms with Crippen LogP contribution in [0.1, 0.15) is 55.0 Å². The lowest BCUT2D eigenvalue weighted by Gasteiger charge is -2.11. The van der Waals surface area contributed by atoms with Crippen LogP contribution in [0.25, 0.3) is 0 Å². The van der Waals surface area contributed by atoms with Crippen molar-refractivity contribution in [3.05, 3.63) is 35.3 Å². The standard InChI is InChI=1S/C15H21N5/c1-3-7-20-8-6-17-13(20)9-12-10(2)14(16)19-15(18-12)11-4-5-11/h6,8,11H,3-5,7,9H2,1-2H3,(H2,16,18,19). The molecule has 0 aromatic carbocycles. The average Bonchev–Trinajstić information content (AvgIpc) is 3.19. The topological polar surface area (TPSA) is 69.6 Å². The van der Waals surface area contributed by atoms with Crippen LogP contribution in [0, 0.1) is 6.92 Å². The Balaban J connectivity index is 1.91. The van der Waals surface area contributed by atoms with Gasteiger partial charge in [-0.05, 0) is 26.2 Å². The Kier molecular flexibility index (Phi) is 3.42. The Morgan fingerprint density at radius 2 is 2.15 bits per heavy atom. The molecule has 1 aliphatic carbocycles. The number of rotatable bonds is 5. The lowest BCUT2D eigenvalue weighted by molar-refractivity contribution is 0.643. The summed E-state index contributed by atoms with van der Waals surface area (Å²) in [6.45, 7) is 5.15. The molecular weight excluding hydrogens is 250 g/mol. The summed E-state index contributed by atoms with van der Waals surface area (Å²) >= 11 is 0. The molecule has 106 valence electrons. The van der Waals surface area contributed by atoms with E-state index in [2.05, 4.69) is 21.5 Å². The normalized spacial score (nSPS) is 14.7. The highest BCUT2D eigenvalue weighted by Gasteiger charge is 2.28. The summed E-state index contributed by atoms with van der Waals surface area (Å²) in [5, 5.41) is 0. The van der Waals surface area contributed by atoms with E-state index in [4.69, 9.17) is 10.7 Å². The van der Waals surface area contributed by atoms with E-state index in [-0.39, 0.29) is 0 Å². The van der Waals surface area contributed by atoms with Crippen LogP contribution >= 0.6 is 0 Å². The second-order valence-electron chi connectivity index (χ2n) is 5.53. The van der Waals surface area contributed by atoms with Crippen molar-refractivity contribution in [2.45, 2.75) is 52.0 Å². The van der Waals surface area contributed by atoms with Crippen LogP contribution in [0.4, 0.5) is 5.82 Å². The van der Waals surface area contributed by atoms with Gasteiger partial charge >= 0.3 is 0 Å². The molecule has 0 radical (unpaired) electrons. The van der Waals surface area contributed by atoms with Gasteiger partial charge in [-0.25, -0.2) is 15.0 Å². The largest absolute Gasteiger partial charge is 0.383 e. The molecule has 20 heavy (non-hydrogen) atoms. The average molecular weight is 271 g/mol. The van der Waals surface area contributed by atoms with Crippen molar-refractivity contribution in [2.24, 2.45) is 0 Å². The van der Waals surface area contributed by atoms with Crippen molar-refractivity contribution >= 4 is 5.82 Å². The van der Waals surface area contributed by atoms with E-state index in [0.717, 1.165) is 42.3 Å². The molecule has 2 N–H and O–H groups in total. The number of aromatic nitrogens is 4. The second kappa shape index (κ2) is 5.23. The minimum atomic E-state index is 0.520. The zero-order valence-corrected chi connectivity index (χ0v) is 12.1. The summed E-state index contributed by atoms with van der Waals surface area (Å²) in [5.74, 6) is 3.10. The fraction of sp³-hybridized carbons (Fsp3) is 0.533. The highest BCUT2D eigenvalue weighted by molar-refractivity contribution is 5.42. The molecule has 1 saturated carbocycles. The van der Waals surface area contributed by atoms with Crippen LogP contribution in [0.15, 0.2) is 12.4 Å². The van der Waals surface area contributed by atoms with Gasteiger partial charge in [0.25, 0.3) is 0 Å². The number of imidazole rings is 1. The first-order chi connectivity index (χ1) is 9.69. The number of aryl methyl sites for hydroxylation is 1. The number of nitrogens with zero attached hydrogens (tertiary/aromatic N) is 4. The molecule has 0 saturated heterocycles. The molecule has 0 spiro atoms. The molecule has 1 fully saturated rings. The lowest BCUT2D eigenvalue weighted by atomic mass is 10.1. The number of nitrogen functional groups attached to an aromatic ring is 1. The quantitative estimate of drug-likeness (QED) is 0.906. The summed E-state index contributed by atoms with van der Waals surface area (Å²) in [7, 11) is 0. The molecule has 5 heteroatoms. The Hall–Kier alpha value is -1.91. The maximum atomic E-state index is 6.03. The van der Waals surface area contributed by atoms with Crippen LogP contribution in [-0.4, -0.2) is 19.5 Å². The first kappa shape index (κ1) is 13.1. The van der Waals surface area contributed by atoms with Gasteiger partial charge < -0.3 is 10.3 Å². The summed E-state index contributed by atoms with van der Waals surface area (Å²) in [4.78, 5) is 13.6. The molecule has 2 heterocycles. The highest BCUT2D eigenvalue weighted by Crippen LogP contribution is 2.38. The minimum absolute atomic E-state index is 0.520. The third kappa shape index (κ3) is 2.53. The van der Waals surface area contributed by atoms with Gasteiger partial charge in [-0.2, -0.15) is 0 Å². The fourth-order valence-electron chi connectivity index (χ4n) is 2.40. The summed E-state index contributed by atoms with van der Waals surface area (Å²) < 4.78 is 2.19. The van der Waals surface area contributed by atoms with Gasteiger partial charge in [0.1, 0.15) is 17.5 Å². The van der Waals surface area contributed by atoms with Gasteiger partial charge in [-0.3, -0.25) is 0 Å². The molecule has 2 aromatic heterocycles. The number of anilines is 1. The summed E-state index contributed by atoms with van der Waals surface area (Å²) in [5.41, 5.74) is 8.04. The molecule has 3 rings (SSSR count). The van der Waals surface area contributed by atoms with Crippen LogP contribution < -0.4 is 5.73 Å². The van der Waals surface area contributed by atoms with Crippen molar-refractivity contribution in [2.75, 3.05) is 5.73 Å². The molecule has 0 atom stereocenters. The Bertz CT molecular complexity index is 613. The predicted molar refractivity (Wildman–Crippen MR) is 78.5 cm³/mol. The molecule has 0 amide bonds. The summed E-state index contributed by atoms with van der Waals surface area (Å²) in [6.07, 6.45) is 8.08. The van der Waals surface area contributed by atoms with Crippen LogP contribution in [-0.2, 0) is 13.0 Å². The monoisotopic (exact) mass is 271 g/mol.